The first-order chi connectivity index (χ1) is 10.2. The number of rotatable bonds is 2. The highest BCUT2D eigenvalue weighted by Crippen LogP contribution is 2.29. The van der Waals surface area contributed by atoms with E-state index in [1.54, 1.807) is 11.3 Å². The van der Waals surface area contributed by atoms with Gasteiger partial charge in [0.15, 0.2) is 5.78 Å². The molecule has 0 amide bonds. The molecule has 0 N–H and O–H groups in total. The fourth-order valence-corrected chi connectivity index (χ4v) is 3.29. The lowest BCUT2D eigenvalue weighted by Gasteiger charge is -2.16. The van der Waals surface area contributed by atoms with E-state index in [1.807, 2.05) is 53.9 Å². The van der Waals surface area contributed by atoms with Crippen molar-refractivity contribution in [3.63, 3.8) is 0 Å². The first kappa shape index (κ1) is 14.3. The van der Waals surface area contributed by atoms with Crippen LogP contribution in [0.2, 0.25) is 5.02 Å². The Balaban J connectivity index is 1.86. The number of Topliss-reactive ketones (excluding diaryl/α,β-unsaturated/α-hetero) is 1. The fourth-order valence-electron chi connectivity index (χ4n) is 2.48. The normalized spacial score (nSPS) is 19.4. The van der Waals surface area contributed by atoms with Gasteiger partial charge in [-0.2, -0.15) is 0 Å². The molecule has 2 aromatic rings. The average molecular weight is 315 g/mol. The van der Waals surface area contributed by atoms with Crippen LogP contribution in [0.4, 0.5) is 0 Å². The van der Waals surface area contributed by atoms with E-state index in [2.05, 4.69) is 0 Å². The van der Waals surface area contributed by atoms with E-state index >= 15 is 0 Å². The Morgan fingerprint density at radius 2 is 1.71 bits per heavy atom. The standard InChI is InChI=1S/C18H15ClOS/c19-16-8-6-13(7-9-16)11-14-3-1-4-15(18(14)20)12-17-5-2-10-21-17/h2,5-12H,1,3-4H2. The van der Waals surface area contributed by atoms with Gasteiger partial charge in [-0.1, -0.05) is 29.8 Å². The molecular weight excluding hydrogens is 300 g/mol. The van der Waals surface area contributed by atoms with E-state index in [0.29, 0.717) is 5.02 Å². The lowest BCUT2D eigenvalue weighted by molar-refractivity contribution is -0.112. The number of ketones is 1. The summed E-state index contributed by atoms with van der Waals surface area (Å²) < 4.78 is 0. The molecule has 0 bridgehead atoms. The second-order valence-electron chi connectivity index (χ2n) is 5.09. The molecule has 3 heteroatoms. The maximum absolute atomic E-state index is 12.6. The summed E-state index contributed by atoms with van der Waals surface area (Å²) in [6.07, 6.45) is 6.77. The monoisotopic (exact) mass is 314 g/mol. The van der Waals surface area contributed by atoms with Crippen molar-refractivity contribution in [1.82, 2.24) is 0 Å². The number of carbonyl (C=O) groups excluding carboxylic acids is 1. The molecule has 0 atom stereocenters. The van der Waals surface area contributed by atoms with E-state index in [0.717, 1.165) is 40.8 Å². The van der Waals surface area contributed by atoms with Crippen molar-refractivity contribution in [3.8, 4) is 0 Å². The summed E-state index contributed by atoms with van der Waals surface area (Å²) in [6.45, 7) is 0. The maximum Gasteiger partial charge on any atom is 0.185 e. The summed E-state index contributed by atoms with van der Waals surface area (Å²) in [4.78, 5) is 13.7. The van der Waals surface area contributed by atoms with Crippen molar-refractivity contribution < 1.29 is 4.79 Å². The summed E-state index contributed by atoms with van der Waals surface area (Å²) >= 11 is 7.55. The number of carbonyl (C=O) groups is 1. The largest absolute Gasteiger partial charge is 0.289 e. The summed E-state index contributed by atoms with van der Waals surface area (Å²) in [5, 5.41) is 2.75. The Labute approximate surface area is 133 Å². The van der Waals surface area contributed by atoms with Gasteiger partial charge in [0, 0.05) is 21.0 Å². The molecule has 1 heterocycles. The highest BCUT2D eigenvalue weighted by molar-refractivity contribution is 7.10. The van der Waals surface area contributed by atoms with Gasteiger partial charge in [0.05, 0.1) is 0 Å². The zero-order chi connectivity index (χ0) is 14.7. The highest BCUT2D eigenvalue weighted by atomic mass is 35.5. The van der Waals surface area contributed by atoms with E-state index in [9.17, 15) is 4.79 Å². The summed E-state index contributed by atoms with van der Waals surface area (Å²) in [6, 6.07) is 11.6. The summed E-state index contributed by atoms with van der Waals surface area (Å²) in [7, 11) is 0. The predicted octanol–water partition coefficient (Wildman–Crippen LogP) is 5.62. The number of benzene rings is 1. The molecular formula is C18H15ClOS. The average Bonchev–Trinajstić information content (AvgIpc) is 2.99. The fraction of sp³-hybridized carbons (Fsp3) is 0.167. The first-order valence-corrected chi connectivity index (χ1v) is 8.23. The number of hydrogen-bond donors (Lipinski definition) is 0. The molecule has 106 valence electrons. The molecule has 1 nitrogen and oxygen atoms in total. The molecule has 1 saturated carbocycles. The van der Waals surface area contributed by atoms with Gasteiger partial charge >= 0.3 is 0 Å². The van der Waals surface area contributed by atoms with Gasteiger partial charge in [0.2, 0.25) is 0 Å². The molecule has 0 aliphatic heterocycles. The van der Waals surface area contributed by atoms with E-state index < -0.39 is 0 Å². The van der Waals surface area contributed by atoms with Gasteiger partial charge < -0.3 is 0 Å². The van der Waals surface area contributed by atoms with Gasteiger partial charge in [-0.25, -0.2) is 0 Å². The minimum Gasteiger partial charge on any atom is -0.289 e. The van der Waals surface area contributed by atoms with E-state index in [4.69, 9.17) is 11.6 Å². The molecule has 21 heavy (non-hydrogen) atoms. The molecule has 0 saturated heterocycles. The van der Waals surface area contributed by atoms with Crippen molar-refractivity contribution in [3.05, 3.63) is 68.4 Å². The Kier molecular flexibility index (Phi) is 4.37. The summed E-state index contributed by atoms with van der Waals surface area (Å²) in [5.41, 5.74) is 2.84. The molecule has 1 aromatic carbocycles. The number of thiophene rings is 1. The zero-order valence-electron chi connectivity index (χ0n) is 11.5. The molecule has 0 spiro atoms. The zero-order valence-corrected chi connectivity index (χ0v) is 13.1. The van der Waals surface area contributed by atoms with Gasteiger partial charge in [0.1, 0.15) is 0 Å². The molecule has 1 aromatic heterocycles. The molecule has 0 radical (unpaired) electrons. The minimum absolute atomic E-state index is 0.185. The van der Waals surface area contributed by atoms with Crippen molar-refractivity contribution in [2.75, 3.05) is 0 Å². The van der Waals surface area contributed by atoms with Crippen LogP contribution in [0.3, 0.4) is 0 Å². The van der Waals surface area contributed by atoms with Gasteiger partial charge in [-0.05, 0) is 60.6 Å². The highest BCUT2D eigenvalue weighted by Gasteiger charge is 2.20. The second kappa shape index (κ2) is 6.42. The number of hydrogen-bond acceptors (Lipinski definition) is 2. The minimum atomic E-state index is 0.185. The van der Waals surface area contributed by atoms with Crippen LogP contribution in [-0.4, -0.2) is 5.78 Å². The third kappa shape index (κ3) is 3.52. The first-order valence-electron chi connectivity index (χ1n) is 6.97. The Bertz CT molecular complexity index is 693. The third-order valence-corrected chi connectivity index (χ3v) is 4.62. The van der Waals surface area contributed by atoms with Crippen molar-refractivity contribution in [1.29, 1.82) is 0 Å². The van der Waals surface area contributed by atoms with E-state index in [-0.39, 0.29) is 5.78 Å². The van der Waals surface area contributed by atoms with Crippen LogP contribution in [0, 0.1) is 0 Å². The third-order valence-electron chi connectivity index (χ3n) is 3.55. The summed E-state index contributed by atoms with van der Waals surface area (Å²) in [5.74, 6) is 0.185. The van der Waals surface area contributed by atoms with Gasteiger partial charge in [-0.15, -0.1) is 11.3 Å². The van der Waals surface area contributed by atoms with Gasteiger partial charge in [0.25, 0.3) is 0 Å². The van der Waals surface area contributed by atoms with Crippen LogP contribution in [0.1, 0.15) is 29.7 Å². The molecule has 1 aliphatic carbocycles. The molecule has 3 rings (SSSR count). The van der Waals surface area contributed by atoms with Crippen LogP contribution >= 0.6 is 22.9 Å². The van der Waals surface area contributed by atoms with Crippen molar-refractivity contribution >= 4 is 40.9 Å². The quantitative estimate of drug-likeness (QED) is 0.657. The SMILES string of the molecule is O=C1C(=Cc2ccc(Cl)cc2)CCCC1=Cc1cccs1. The van der Waals surface area contributed by atoms with Crippen LogP contribution in [0.15, 0.2) is 52.9 Å². The van der Waals surface area contributed by atoms with Gasteiger partial charge in [-0.3, -0.25) is 4.79 Å². The lowest BCUT2D eigenvalue weighted by Crippen LogP contribution is -2.12. The topological polar surface area (TPSA) is 17.1 Å². The molecule has 0 unspecified atom stereocenters. The number of allylic oxidation sites excluding steroid dienone is 2. The Hall–Kier alpha value is -1.64. The smallest absolute Gasteiger partial charge is 0.185 e. The Morgan fingerprint density at radius 1 is 1.00 bits per heavy atom. The van der Waals surface area contributed by atoms with Crippen molar-refractivity contribution in [2.45, 2.75) is 19.3 Å². The van der Waals surface area contributed by atoms with Crippen molar-refractivity contribution in [2.24, 2.45) is 0 Å². The second-order valence-corrected chi connectivity index (χ2v) is 6.50. The Morgan fingerprint density at radius 3 is 2.38 bits per heavy atom. The van der Waals surface area contributed by atoms with Crippen LogP contribution in [0.5, 0.6) is 0 Å². The predicted molar refractivity (Wildman–Crippen MR) is 90.6 cm³/mol. The molecule has 1 aliphatic rings. The van der Waals surface area contributed by atoms with E-state index in [1.165, 1.54) is 0 Å². The van der Waals surface area contributed by atoms with Crippen LogP contribution in [-0.2, 0) is 4.79 Å². The van der Waals surface area contributed by atoms with Crippen LogP contribution in [0.25, 0.3) is 12.2 Å². The lowest BCUT2D eigenvalue weighted by atomic mass is 9.87. The number of halogens is 1. The van der Waals surface area contributed by atoms with Crippen LogP contribution < -0.4 is 0 Å². The maximum atomic E-state index is 12.6. The molecule has 1 fully saturated rings.